The Morgan fingerprint density at radius 3 is 2.80 bits per heavy atom. The molecule has 2 nitrogen and oxygen atoms in total. The molecule has 1 heterocycles. The molecule has 1 aromatic heterocycles. The molecule has 0 fully saturated rings. The number of thiophene rings is 1. The maximum absolute atomic E-state index is 11.4. The van der Waals surface area contributed by atoms with Gasteiger partial charge in [0.1, 0.15) is 0 Å². The Morgan fingerprint density at radius 2 is 2.13 bits per heavy atom. The molecule has 15 heavy (non-hydrogen) atoms. The molecule has 0 saturated carbocycles. The second-order valence-corrected chi connectivity index (χ2v) is 4.26. The quantitative estimate of drug-likeness (QED) is 0.620. The molecule has 2 rings (SSSR count). The van der Waals surface area contributed by atoms with Gasteiger partial charge in [-0.2, -0.15) is 0 Å². The molecule has 2 aromatic rings. The number of carbonyl (C=O) groups excluding carboxylic acids is 1. The molecule has 76 valence electrons. The van der Waals surface area contributed by atoms with Crippen LogP contribution in [0.15, 0.2) is 35.7 Å². The van der Waals surface area contributed by atoms with Crippen LogP contribution in [-0.4, -0.2) is 5.78 Å². The number of hydrogen-bond donors (Lipinski definition) is 1. The Bertz CT molecular complexity index is 502. The van der Waals surface area contributed by atoms with Crippen LogP contribution >= 0.6 is 11.3 Å². The van der Waals surface area contributed by atoms with Gasteiger partial charge in [-0.1, -0.05) is 12.1 Å². The Morgan fingerprint density at radius 1 is 1.33 bits per heavy atom. The Labute approximate surface area is 92.4 Å². The van der Waals surface area contributed by atoms with E-state index in [1.165, 1.54) is 11.3 Å². The van der Waals surface area contributed by atoms with Crippen LogP contribution in [-0.2, 0) is 0 Å². The standard InChI is InChI=1S/C12H11NOS/c1-8(14)12-11(5-6-15-12)9-3-2-4-10(13)7-9/h2-7H,13H2,1H3. The molecule has 0 unspecified atom stereocenters. The SMILES string of the molecule is CC(=O)c1sccc1-c1cccc(N)c1. The summed E-state index contributed by atoms with van der Waals surface area (Å²) in [5.74, 6) is 0.0995. The second kappa shape index (κ2) is 3.87. The van der Waals surface area contributed by atoms with Crippen molar-refractivity contribution in [1.29, 1.82) is 0 Å². The van der Waals surface area contributed by atoms with Crippen molar-refractivity contribution in [2.75, 3.05) is 5.73 Å². The van der Waals surface area contributed by atoms with Gasteiger partial charge in [-0.25, -0.2) is 0 Å². The second-order valence-electron chi connectivity index (χ2n) is 3.35. The zero-order chi connectivity index (χ0) is 10.8. The summed E-state index contributed by atoms with van der Waals surface area (Å²) in [5, 5.41) is 1.93. The molecular weight excluding hydrogens is 206 g/mol. The van der Waals surface area contributed by atoms with E-state index in [4.69, 9.17) is 5.73 Å². The molecule has 0 spiro atoms. The monoisotopic (exact) mass is 217 g/mol. The molecule has 0 bridgehead atoms. The number of carbonyl (C=O) groups is 1. The lowest BCUT2D eigenvalue weighted by Gasteiger charge is -2.02. The average molecular weight is 217 g/mol. The van der Waals surface area contributed by atoms with E-state index >= 15 is 0 Å². The van der Waals surface area contributed by atoms with Crippen molar-refractivity contribution in [2.24, 2.45) is 0 Å². The van der Waals surface area contributed by atoms with Crippen molar-refractivity contribution < 1.29 is 4.79 Å². The van der Waals surface area contributed by atoms with Gasteiger partial charge in [-0.05, 0) is 36.1 Å². The third-order valence-corrected chi connectivity index (χ3v) is 3.20. The number of benzene rings is 1. The van der Waals surface area contributed by atoms with Gasteiger partial charge in [0, 0.05) is 11.3 Å². The van der Waals surface area contributed by atoms with Crippen molar-refractivity contribution in [2.45, 2.75) is 6.92 Å². The minimum atomic E-state index is 0.0995. The van der Waals surface area contributed by atoms with Crippen LogP contribution in [0.2, 0.25) is 0 Å². The summed E-state index contributed by atoms with van der Waals surface area (Å²) in [6.07, 6.45) is 0. The highest BCUT2D eigenvalue weighted by atomic mass is 32.1. The van der Waals surface area contributed by atoms with Crippen molar-refractivity contribution in [3.63, 3.8) is 0 Å². The first kappa shape index (κ1) is 9.93. The van der Waals surface area contributed by atoms with Gasteiger partial charge in [0.2, 0.25) is 0 Å². The molecule has 0 saturated heterocycles. The van der Waals surface area contributed by atoms with Crippen LogP contribution in [0.25, 0.3) is 11.1 Å². The summed E-state index contributed by atoms with van der Waals surface area (Å²) in [6.45, 7) is 1.58. The zero-order valence-corrected chi connectivity index (χ0v) is 9.17. The number of nitrogens with two attached hydrogens (primary N) is 1. The van der Waals surface area contributed by atoms with Gasteiger partial charge >= 0.3 is 0 Å². The topological polar surface area (TPSA) is 43.1 Å². The maximum atomic E-state index is 11.4. The number of rotatable bonds is 2. The fourth-order valence-corrected chi connectivity index (χ4v) is 2.33. The van der Waals surface area contributed by atoms with Gasteiger partial charge in [0.05, 0.1) is 4.88 Å². The summed E-state index contributed by atoms with van der Waals surface area (Å²) in [6, 6.07) is 9.53. The van der Waals surface area contributed by atoms with E-state index in [1.54, 1.807) is 6.92 Å². The van der Waals surface area contributed by atoms with Crippen LogP contribution in [0.5, 0.6) is 0 Å². The highest BCUT2D eigenvalue weighted by Crippen LogP contribution is 2.29. The van der Waals surface area contributed by atoms with Crippen molar-refractivity contribution in [3.05, 3.63) is 40.6 Å². The molecule has 3 heteroatoms. The predicted molar refractivity (Wildman–Crippen MR) is 64.2 cm³/mol. The smallest absolute Gasteiger partial charge is 0.170 e. The molecule has 0 atom stereocenters. The summed E-state index contributed by atoms with van der Waals surface area (Å²) < 4.78 is 0. The van der Waals surface area contributed by atoms with Gasteiger partial charge < -0.3 is 5.73 Å². The van der Waals surface area contributed by atoms with Crippen molar-refractivity contribution >= 4 is 22.8 Å². The van der Waals surface area contributed by atoms with Crippen molar-refractivity contribution in [3.8, 4) is 11.1 Å². The minimum Gasteiger partial charge on any atom is -0.399 e. The lowest BCUT2D eigenvalue weighted by Crippen LogP contribution is -1.91. The number of anilines is 1. The molecule has 0 aliphatic carbocycles. The molecule has 2 N–H and O–H groups in total. The maximum Gasteiger partial charge on any atom is 0.170 e. The third-order valence-electron chi connectivity index (χ3n) is 2.18. The number of nitrogen functional groups attached to an aromatic ring is 1. The largest absolute Gasteiger partial charge is 0.399 e. The fraction of sp³-hybridized carbons (Fsp3) is 0.0833. The van der Waals surface area contributed by atoms with E-state index in [9.17, 15) is 4.79 Å². The van der Waals surface area contributed by atoms with Crippen LogP contribution < -0.4 is 5.73 Å². The summed E-state index contributed by atoms with van der Waals surface area (Å²) in [5.41, 5.74) is 8.40. The highest BCUT2D eigenvalue weighted by Gasteiger charge is 2.10. The lowest BCUT2D eigenvalue weighted by molar-refractivity contribution is 0.102. The third kappa shape index (κ3) is 1.92. The first-order valence-corrected chi connectivity index (χ1v) is 5.51. The number of Topliss-reactive ketones (excluding diaryl/α,β-unsaturated/α-hetero) is 1. The van der Waals surface area contributed by atoms with Crippen LogP contribution in [0.3, 0.4) is 0 Å². The van der Waals surface area contributed by atoms with E-state index < -0.39 is 0 Å². The van der Waals surface area contributed by atoms with Crippen LogP contribution in [0.1, 0.15) is 16.6 Å². The highest BCUT2D eigenvalue weighted by molar-refractivity contribution is 7.12. The molecule has 0 amide bonds. The molecular formula is C12H11NOS. The Kier molecular flexibility index (Phi) is 2.56. The van der Waals surface area contributed by atoms with Crippen LogP contribution in [0.4, 0.5) is 5.69 Å². The van der Waals surface area contributed by atoms with E-state index in [0.717, 1.165) is 16.0 Å². The number of ketones is 1. The summed E-state index contributed by atoms with van der Waals surface area (Å²) in [4.78, 5) is 12.2. The summed E-state index contributed by atoms with van der Waals surface area (Å²) >= 11 is 1.47. The first-order chi connectivity index (χ1) is 7.18. The molecule has 1 aromatic carbocycles. The van der Waals surface area contributed by atoms with E-state index in [-0.39, 0.29) is 5.78 Å². The average Bonchev–Trinajstić information content (AvgIpc) is 2.65. The van der Waals surface area contributed by atoms with Gasteiger partial charge in [-0.15, -0.1) is 11.3 Å². The lowest BCUT2D eigenvalue weighted by atomic mass is 10.0. The molecule has 0 radical (unpaired) electrons. The fourth-order valence-electron chi connectivity index (χ4n) is 1.52. The Hall–Kier alpha value is -1.61. The van der Waals surface area contributed by atoms with Crippen LogP contribution in [0, 0.1) is 0 Å². The molecule has 0 aliphatic heterocycles. The van der Waals surface area contributed by atoms with Gasteiger partial charge in [0.25, 0.3) is 0 Å². The predicted octanol–water partition coefficient (Wildman–Crippen LogP) is 3.20. The van der Waals surface area contributed by atoms with Crippen molar-refractivity contribution in [1.82, 2.24) is 0 Å². The Balaban J connectivity index is 2.54. The van der Waals surface area contributed by atoms with E-state index in [0.29, 0.717) is 5.69 Å². The van der Waals surface area contributed by atoms with Gasteiger partial charge in [-0.3, -0.25) is 4.79 Å². The number of hydrogen-bond acceptors (Lipinski definition) is 3. The first-order valence-electron chi connectivity index (χ1n) is 4.63. The molecule has 0 aliphatic rings. The van der Waals surface area contributed by atoms with Gasteiger partial charge in [0.15, 0.2) is 5.78 Å². The normalized spacial score (nSPS) is 10.2. The summed E-state index contributed by atoms with van der Waals surface area (Å²) in [7, 11) is 0. The van der Waals surface area contributed by atoms with E-state index in [1.807, 2.05) is 35.7 Å². The minimum absolute atomic E-state index is 0.0995. The van der Waals surface area contributed by atoms with E-state index in [2.05, 4.69) is 0 Å². The zero-order valence-electron chi connectivity index (χ0n) is 8.36.